The fourth-order valence-corrected chi connectivity index (χ4v) is 3.23. The molecule has 0 bridgehead atoms. The minimum atomic E-state index is -3.82. The first-order valence-corrected chi connectivity index (χ1v) is 8.94. The highest BCUT2D eigenvalue weighted by molar-refractivity contribution is 7.92. The molecule has 6 nitrogen and oxygen atoms in total. The predicted molar refractivity (Wildman–Crippen MR) is 96.7 cm³/mol. The maximum Gasteiger partial charge on any atom is 0.261 e. The molecule has 0 aliphatic carbocycles. The number of hydrogen-bond donors (Lipinski definition) is 1. The van der Waals surface area contributed by atoms with Crippen LogP contribution in [-0.2, 0) is 14.8 Å². The number of carbonyl (C=O) groups is 1. The highest BCUT2D eigenvalue weighted by atomic mass is 35.5. The summed E-state index contributed by atoms with van der Waals surface area (Å²) in [5, 5.41) is -0.642. The van der Waals surface area contributed by atoms with Crippen molar-refractivity contribution in [1.29, 1.82) is 0 Å². The molecule has 0 amide bonds. The molecule has 2 rings (SSSR count). The smallest absolute Gasteiger partial charge is 0.261 e. The van der Waals surface area contributed by atoms with Crippen LogP contribution in [0.3, 0.4) is 0 Å². The Labute approximate surface area is 151 Å². The Morgan fingerprint density at radius 1 is 1.08 bits per heavy atom. The number of rotatable bonds is 7. The Morgan fingerprint density at radius 2 is 1.80 bits per heavy atom. The number of allylic oxidation sites excluding steroid dienone is 1. The molecule has 0 aromatic heterocycles. The van der Waals surface area contributed by atoms with E-state index in [4.69, 9.17) is 21.1 Å². The van der Waals surface area contributed by atoms with Crippen LogP contribution in [0.5, 0.6) is 11.5 Å². The molecule has 1 N–H and O–H groups in total. The van der Waals surface area contributed by atoms with Gasteiger partial charge in [-0.3, -0.25) is 9.52 Å². The van der Waals surface area contributed by atoms with Crippen molar-refractivity contribution in [2.24, 2.45) is 0 Å². The van der Waals surface area contributed by atoms with Crippen LogP contribution in [0.2, 0.25) is 0 Å². The number of benzene rings is 2. The molecule has 2 aromatic carbocycles. The number of sulfonamides is 1. The van der Waals surface area contributed by atoms with E-state index in [-0.39, 0.29) is 4.90 Å². The van der Waals surface area contributed by atoms with E-state index in [0.29, 0.717) is 22.7 Å². The van der Waals surface area contributed by atoms with Crippen LogP contribution in [0.25, 0.3) is 6.08 Å². The molecule has 0 heterocycles. The van der Waals surface area contributed by atoms with Crippen LogP contribution in [0.15, 0.2) is 53.4 Å². The third-order valence-electron chi connectivity index (χ3n) is 3.21. The Hall–Kier alpha value is -2.51. The number of anilines is 1. The number of carbonyl (C=O) groups excluding carboxylic acids is 1. The lowest BCUT2D eigenvalue weighted by Gasteiger charge is -2.12. The first kappa shape index (κ1) is 18.8. The standard InChI is InChI=1S/C17H16ClNO5S/c1-23-15-8-7-13(11-16(15)24-2)19-25(21,22)14-5-3-4-12(10-14)6-9-17(18)20/h3-11,19H,1-2H3/b9-6+. The summed E-state index contributed by atoms with van der Waals surface area (Å²) in [6.07, 6.45) is 2.58. The minimum Gasteiger partial charge on any atom is -0.493 e. The summed E-state index contributed by atoms with van der Waals surface area (Å²) in [6.45, 7) is 0. The van der Waals surface area contributed by atoms with Crippen molar-refractivity contribution >= 4 is 38.6 Å². The monoisotopic (exact) mass is 381 g/mol. The first-order valence-electron chi connectivity index (χ1n) is 7.08. The molecule has 0 atom stereocenters. The number of halogens is 1. The Morgan fingerprint density at radius 3 is 2.44 bits per heavy atom. The molecule has 0 radical (unpaired) electrons. The summed E-state index contributed by atoms with van der Waals surface area (Å²) >= 11 is 5.24. The van der Waals surface area contributed by atoms with Crippen LogP contribution < -0.4 is 14.2 Å². The fraction of sp³-hybridized carbons (Fsp3) is 0.118. The first-order chi connectivity index (χ1) is 11.9. The van der Waals surface area contributed by atoms with Crippen molar-refractivity contribution in [1.82, 2.24) is 0 Å². The second-order valence-corrected chi connectivity index (χ2v) is 6.94. The summed E-state index contributed by atoms with van der Waals surface area (Å²) < 4.78 is 37.8. The fourth-order valence-electron chi connectivity index (χ4n) is 2.06. The number of ether oxygens (including phenoxy) is 2. The van der Waals surface area contributed by atoms with E-state index in [1.165, 1.54) is 38.5 Å². The molecule has 132 valence electrons. The van der Waals surface area contributed by atoms with Gasteiger partial charge in [-0.05, 0) is 47.5 Å². The maximum absolute atomic E-state index is 12.5. The molecule has 0 fully saturated rings. The minimum absolute atomic E-state index is 0.0476. The van der Waals surface area contributed by atoms with Gasteiger partial charge in [0.15, 0.2) is 11.5 Å². The number of hydrogen-bond acceptors (Lipinski definition) is 5. The lowest BCUT2D eigenvalue weighted by molar-refractivity contribution is -0.107. The van der Waals surface area contributed by atoms with Crippen LogP contribution in [0.4, 0.5) is 5.69 Å². The van der Waals surface area contributed by atoms with Crippen LogP contribution in [0.1, 0.15) is 5.56 Å². The highest BCUT2D eigenvalue weighted by Crippen LogP contribution is 2.30. The van der Waals surface area contributed by atoms with Gasteiger partial charge in [0.05, 0.1) is 24.8 Å². The molecule has 0 aliphatic heterocycles. The third-order valence-corrected chi connectivity index (χ3v) is 4.72. The molecule has 25 heavy (non-hydrogen) atoms. The Bertz CT molecular complexity index is 909. The lowest BCUT2D eigenvalue weighted by atomic mass is 10.2. The van der Waals surface area contributed by atoms with Gasteiger partial charge in [-0.15, -0.1) is 0 Å². The van der Waals surface area contributed by atoms with Crippen LogP contribution in [-0.4, -0.2) is 27.9 Å². The average Bonchev–Trinajstić information content (AvgIpc) is 2.59. The van der Waals surface area contributed by atoms with Crippen molar-refractivity contribution < 1.29 is 22.7 Å². The highest BCUT2D eigenvalue weighted by Gasteiger charge is 2.15. The molecule has 8 heteroatoms. The van der Waals surface area contributed by atoms with Crippen molar-refractivity contribution in [2.45, 2.75) is 4.90 Å². The Kier molecular flexibility index (Phi) is 6.06. The quantitative estimate of drug-likeness (QED) is 0.588. The van der Waals surface area contributed by atoms with Crippen LogP contribution >= 0.6 is 11.6 Å². The maximum atomic E-state index is 12.5. The topological polar surface area (TPSA) is 81.7 Å². The van der Waals surface area contributed by atoms with Gasteiger partial charge in [0.25, 0.3) is 10.0 Å². The normalized spacial score (nSPS) is 11.3. The summed E-state index contributed by atoms with van der Waals surface area (Å²) in [6, 6.07) is 10.8. The second-order valence-electron chi connectivity index (χ2n) is 4.89. The molecule has 2 aromatic rings. The Balaban J connectivity index is 2.30. The average molecular weight is 382 g/mol. The number of methoxy groups -OCH3 is 2. The van der Waals surface area contributed by atoms with Gasteiger partial charge in [0.1, 0.15) is 0 Å². The summed E-state index contributed by atoms with van der Waals surface area (Å²) in [5.74, 6) is 0.892. The molecular formula is C17H16ClNO5S. The van der Waals surface area contributed by atoms with Gasteiger partial charge in [-0.2, -0.15) is 0 Å². The summed E-state index contributed by atoms with van der Waals surface area (Å²) in [4.78, 5) is 10.8. The zero-order valence-electron chi connectivity index (χ0n) is 13.5. The van der Waals surface area contributed by atoms with E-state index in [1.54, 1.807) is 24.3 Å². The van der Waals surface area contributed by atoms with Crippen molar-refractivity contribution in [2.75, 3.05) is 18.9 Å². The van der Waals surface area contributed by atoms with Crippen molar-refractivity contribution in [3.05, 3.63) is 54.1 Å². The molecule has 0 unspecified atom stereocenters. The van der Waals surface area contributed by atoms with Gasteiger partial charge in [0.2, 0.25) is 5.24 Å². The van der Waals surface area contributed by atoms with Crippen molar-refractivity contribution in [3.63, 3.8) is 0 Å². The molecule has 0 saturated heterocycles. The third kappa shape index (κ3) is 4.98. The molecule has 0 saturated carbocycles. The molecular weight excluding hydrogens is 366 g/mol. The largest absolute Gasteiger partial charge is 0.493 e. The zero-order valence-corrected chi connectivity index (χ0v) is 15.1. The summed E-state index contributed by atoms with van der Waals surface area (Å²) in [5.41, 5.74) is 0.860. The van der Waals surface area contributed by atoms with Gasteiger partial charge in [0, 0.05) is 6.07 Å². The summed E-state index contributed by atoms with van der Waals surface area (Å²) in [7, 11) is -0.862. The van der Waals surface area contributed by atoms with Gasteiger partial charge in [-0.1, -0.05) is 18.2 Å². The molecule has 0 aliphatic rings. The van der Waals surface area contributed by atoms with Gasteiger partial charge < -0.3 is 9.47 Å². The van der Waals surface area contributed by atoms with E-state index in [0.717, 1.165) is 6.08 Å². The SMILES string of the molecule is COc1ccc(NS(=O)(=O)c2cccc(/C=C/C(=O)Cl)c2)cc1OC. The second kappa shape index (κ2) is 8.04. The van der Waals surface area contributed by atoms with E-state index in [9.17, 15) is 13.2 Å². The molecule has 0 spiro atoms. The van der Waals surface area contributed by atoms with Gasteiger partial charge >= 0.3 is 0 Å². The van der Waals surface area contributed by atoms with Crippen LogP contribution in [0, 0.1) is 0 Å². The zero-order chi connectivity index (χ0) is 18.4. The van der Waals surface area contributed by atoms with Gasteiger partial charge in [-0.25, -0.2) is 8.42 Å². The van der Waals surface area contributed by atoms with E-state index >= 15 is 0 Å². The van der Waals surface area contributed by atoms with E-state index < -0.39 is 15.3 Å². The number of nitrogens with one attached hydrogen (secondary N) is 1. The van der Waals surface area contributed by atoms with E-state index in [2.05, 4.69) is 4.72 Å². The van der Waals surface area contributed by atoms with Crippen molar-refractivity contribution in [3.8, 4) is 11.5 Å². The van der Waals surface area contributed by atoms with E-state index in [1.807, 2.05) is 0 Å². The lowest BCUT2D eigenvalue weighted by Crippen LogP contribution is -2.13. The predicted octanol–water partition coefficient (Wildman–Crippen LogP) is 3.28.